The number of Topliss-reactive ketones (excluding diaryl/α,β-unsaturated/α-hetero) is 1. The molecule has 0 radical (unpaired) electrons. The van der Waals surface area contributed by atoms with Gasteiger partial charge in [0, 0.05) is 17.7 Å². The molecular formula is C22H24N2O5. The molecule has 152 valence electrons. The highest BCUT2D eigenvalue weighted by molar-refractivity contribution is 6.02. The predicted molar refractivity (Wildman–Crippen MR) is 107 cm³/mol. The van der Waals surface area contributed by atoms with E-state index in [9.17, 15) is 24.3 Å². The first-order chi connectivity index (χ1) is 13.6. The quantitative estimate of drug-likeness (QED) is 0.719. The van der Waals surface area contributed by atoms with Crippen molar-refractivity contribution in [1.29, 1.82) is 0 Å². The molecule has 3 rings (SSSR count). The normalized spacial score (nSPS) is 16.0. The molecule has 0 saturated carbocycles. The summed E-state index contributed by atoms with van der Waals surface area (Å²) in [5, 5.41) is 11.9. The van der Waals surface area contributed by atoms with Gasteiger partial charge in [0.2, 0.25) is 0 Å². The number of H-pyrrole nitrogens is 1. The molecule has 0 saturated heterocycles. The summed E-state index contributed by atoms with van der Waals surface area (Å²) in [7, 11) is 0. The van der Waals surface area contributed by atoms with Gasteiger partial charge in [0.15, 0.2) is 5.78 Å². The third-order valence-corrected chi connectivity index (χ3v) is 5.21. The van der Waals surface area contributed by atoms with Crippen LogP contribution in [0, 0.1) is 12.3 Å². The maximum Gasteiger partial charge on any atom is 0.305 e. The summed E-state index contributed by atoms with van der Waals surface area (Å²) >= 11 is 0. The Morgan fingerprint density at radius 3 is 2.55 bits per heavy atom. The van der Waals surface area contributed by atoms with E-state index >= 15 is 0 Å². The van der Waals surface area contributed by atoms with Crippen molar-refractivity contribution in [2.75, 3.05) is 0 Å². The average Bonchev–Trinajstić information content (AvgIpc) is 2.59. The van der Waals surface area contributed by atoms with Gasteiger partial charge in [-0.3, -0.25) is 19.2 Å². The minimum Gasteiger partial charge on any atom is -0.481 e. The summed E-state index contributed by atoms with van der Waals surface area (Å²) in [6, 6.07) is 7.67. The van der Waals surface area contributed by atoms with Crippen LogP contribution in [0.3, 0.4) is 0 Å². The van der Waals surface area contributed by atoms with Crippen molar-refractivity contribution in [1.82, 2.24) is 10.3 Å². The number of hydrogen-bond donors (Lipinski definition) is 3. The molecule has 1 unspecified atom stereocenters. The SMILES string of the molecule is Cc1ccccc1C(CC(=O)O)NC(=O)c1cc2c([nH]c1=O)CC(C)(C)CC2=O. The van der Waals surface area contributed by atoms with Crippen LogP contribution in [0.15, 0.2) is 35.1 Å². The van der Waals surface area contributed by atoms with E-state index in [1.165, 1.54) is 6.07 Å². The number of rotatable bonds is 5. The van der Waals surface area contributed by atoms with E-state index in [4.69, 9.17) is 0 Å². The first-order valence-electron chi connectivity index (χ1n) is 9.45. The largest absolute Gasteiger partial charge is 0.481 e. The van der Waals surface area contributed by atoms with Crippen LogP contribution in [0.1, 0.15) is 70.3 Å². The molecule has 1 aromatic carbocycles. The summed E-state index contributed by atoms with van der Waals surface area (Å²) in [5.74, 6) is -1.90. The van der Waals surface area contributed by atoms with Crippen LogP contribution in [-0.2, 0) is 11.2 Å². The van der Waals surface area contributed by atoms with E-state index in [-0.39, 0.29) is 23.2 Å². The van der Waals surface area contributed by atoms with Crippen molar-refractivity contribution in [2.24, 2.45) is 5.41 Å². The summed E-state index contributed by atoms with van der Waals surface area (Å²) in [4.78, 5) is 51.8. The third-order valence-electron chi connectivity index (χ3n) is 5.21. The molecule has 1 aliphatic carbocycles. The number of carboxylic acids is 1. The molecule has 1 amide bonds. The number of nitrogens with one attached hydrogen (secondary N) is 2. The Bertz CT molecular complexity index is 1050. The lowest BCUT2D eigenvalue weighted by molar-refractivity contribution is -0.137. The molecule has 0 spiro atoms. The fraction of sp³-hybridized carbons (Fsp3) is 0.364. The van der Waals surface area contributed by atoms with Gasteiger partial charge in [0.1, 0.15) is 5.56 Å². The maximum absolute atomic E-state index is 12.8. The minimum atomic E-state index is -1.07. The number of hydrogen-bond acceptors (Lipinski definition) is 4. The highest BCUT2D eigenvalue weighted by Gasteiger charge is 2.33. The second-order valence-corrected chi connectivity index (χ2v) is 8.33. The second-order valence-electron chi connectivity index (χ2n) is 8.33. The molecule has 1 atom stereocenters. The van der Waals surface area contributed by atoms with E-state index in [0.29, 0.717) is 29.7 Å². The van der Waals surface area contributed by atoms with Crippen molar-refractivity contribution < 1.29 is 19.5 Å². The Morgan fingerprint density at radius 2 is 1.90 bits per heavy atom. The van der Waals surface area contributed by atoms with Gasteiger partial charge in [-0.2, -0.15) is 0 Å². The molecule has 7 heteroatoms. The Hall–Kier alpha value is -3.22. The van der Waals surface area contributed by atoms with E-state index < -0.39 is 23.5 Å². The number of pyridine rings is 1. The van der Waals surface area contributed by atoms with E-state index in [0.717, 1.165) is 5.56 Å². The lowest BCUT2D eigenvalue weighted by atomic mass is 9.75. The van der Waals surface area contributed by atoms with Gasteiger partial charge in [-0.15, -0.1) is 0 Å². The summed E-state index contributed by atoms with van der Waals surface area (Å²) in [5.41, 5.74) is 1.33. The number of aromatic amines is 1. The first-order valence-corrected chi connectivity index (χ1v) is 9.45. The molecule has 1 aromatic heterocycles. The molecule has 3 N–H and O–H groups in total. The third kappa shape index (κ3) is 4.45. The fourth-order valence-electron chi connectivity index (χ4n) is 3.82. The highest BCUT2D eigenvalue weighted by atomic mass is 16.4. The van der Waals surface area contributed by atoms with Gasteiger partial charge < -0.3 is 15.4 Å². The smallest absolute Gasteiger partial charge is 0.305 e. The van der Waals surface area contributed by atoms with Crippen LogP contribution < -0.4 is 10.9 Å². The lowest BCUT2D eigenvalue weighted by Gasteiger charge is -2.29. The molecule has 1 aliphatic rings. The highest BCUT2D eigenvalue weighted by Crippen LogP contribution is 2.33. The number of carbonyl (C=O) groups is 3. The number of amides is 1. The first kappa shape index (κ1) is 20.5. The second kappa shape index (κ2) is 7.66. The van der Waals surface area contributed by atoms with Crippen molar-refractivity contribution in [3.63, 3.8) is 0 Å². The number of ketones is 1. The number of fused-ring (bicyclic) bond motifs is 1. The summed E-state index contributed by atoms with van der Waals surface area (Å²) < 4.78 is 0. The Labute approximate surface area is 168 Å². The molecule has 2 aromatic rings. The molecule has 0 aliphatic heterocycles. The zero-order valence-electron chi connectivity index (χ0n) is 16.7. The fourth-order valence-corrected chi connectivity index (χ4v) is 3.82. The van der Waals surface area contributed by atoms with Crippen LogP contribution in [0.25, 0.3) is 0 Å². The average molecular weight is 396 g/mol. The van der Waals surface area contributed by atoms with E-state index in [1.54, 1.807) is 12.1 Å². The topological polar surface area (TPSA) is 116 Å². The van der Waals surface area contributed by atoms with Gasteiger partial charge in [-0.1, -0.05) is 38.1 Å². The molecule has 29 heavy (non-hydrogen) atoms. The number of carboxylic acid groups (broad SMARTS) is 1. The van der Waals surface area contributed by atoms with Crippen LogP contribution in [0.4, 0.5) is 0 Å². The summed E-state index contributed by atoms with van der Waals surface area (Å²) in [6.07, 6.45) is 0.542. The zero-order valence-corrected chi connectivity index (χ0v) is 16.7. The van der Waals surface area contributed by atoms with E-state index in [1.807, 2.05) is 32.9 Å². The van der Waals surface area contributed by atoms with Crippen molar-refractivity contribution >= 4 is 17.7 Å². The van der Waals surface area contributed by atoms with Gasteiger partial charge in [0.25, 0.3) is 11.5 Å². The van der Waals surface area contributed by atoms with Gasteiger partial charge in [0.05, 0.1) is 12.5 Å². The van der Waals surface area contributed by atoms with Gasteiger partial charge in [-0.25, -0.2) is 0 Å². The molecule has 1 heterocycles. The monoisotopic (exact) mass is 396 g/mol. The number of benzene rings is 1. The lowest BCUT2D eigenvalue weighted by Crippen LogP contribution is -2.36. The number of carbonyl (C=O) groups excluding carboxylic acids is 2. The zero-order chi connectivity index (χ0) is 21.3. The van der Waals surface area contributed by atoms with Gasteiger partial charge >= 0.3 is 5.97 Å². The number of aliphatic carboxylic acids is 1. The van der Waals surface area contributed by atoms with Crippen molar-refractivity contribution in [3.8, 4) is 0 Å². The molecule has 0 bridgehead atoms. The molecule has 7 nitrogen and oxygen atoms in total. The summed E-state index contributed by atoms with van der Waals surface area (Å²) in [6.45, 7) is 5.72. The number of aryl methyl sites for hydroxylation is 1. The Morgan fingerprint density at radius 1 is 1.21 bits per heavy atom. The van der Waals surface area contributed by atoms with Gasteiger partial charge in [-0.05, 0) is 36.0 Å². The van der Waals surface area contributed by atoms with Crippen LogP contribution in [0.5, 0.6) is 0 Å². The van der Waals surface area contributed by atoms with Crippen LogP contribution in [-0.4, -0.2) is 27.8 Å². The molecule has 0 fully saturated rings. The Balaban J connectivity index is 1.94. The van der Waals surface area contributed by atoms with E-state index in [2.05, 4.69) is 10.3 Å². The van der Waals surface area contributed by atoms with Crippen molar-refractivity contribution in [3.05, 3.63) is 68.6 Å². The molecular weight excluding hydrogens is 372 g/mol. The van der Waals surface area contributed by atoms with Crippen molar-refractivity contribution in [2.45, 2.75) is 46.1 Å². The minimum absolute atomic E-state index is 0.123. The Kier molecular flexibility index (Phi) is 5.42. The standard InChI is InChI=1S/C22H24N2O5/c1-12-6-4-5-7-13(12)16(9-19(26)27)23-20(28)15-8-14-17(24-21(15)29)10-22(2,3)11-18(14)25/h4-8,16H,9-11H2,1-3H3,(H,23,28)(H,24,29)(H,26,27). The van der Waals surface area contributed by atoms with Crippen LogP contribution >= 0.6 is 0 Å². The number of aromatic nitrogens is 1. The predicted octanol–water partition coefficient (Wildman–Crippen LogP) is 2.78. The maximum atomic E-state index is 12.8. The van der Waals surface area contributed by atoms with Crippen LogP contribution in [0.2, 0.25) is 0 Å².